The van der Waals surface area contributed by atoms with E-state index in [4.69, 9.17) is 11.6 Å². The predicted molar refractivity (Wildman–Crippen MR) is 80.7 cm³/mol. The van der Waals surface area contributed by atoms with Gasteiger partial charge in [0.1, 0.15) is 11.6 Å². The molecule has 4 bridgehead atoms. The maximum atomic E-state index is 13.4. The van der Waals surface area contributed by atoms with E-state index >= 15 is 0 Å². The van der Waals surface area contributed by atoms with E-state index in [1.807, 2.05) is 0 Å². The molecule has 0 amide bonds. The van der Waals surface area contributed by atoms with Crippen molar-refractivity contribution in [3.63, 3.8) is 0 Å². The first-order valence-corrected chi connectivity index (χ1v) is 8.39. The number of carbonyl (C=O) groups is 1. The van der Waals surface area contributed by atoms with Crippen LogP contribution in [0.25, 0.3) is 0 Å². The van der Waals surface area contributed by atoms with Crippen LogP contribution in [0.5, 0.6) is 0 Å². The number of carbonyl (C=O) groups excluding carboxylic acids is 1. The lowest BCUT2D eigenvalue weighted by Crippen LogP contribution is -2.50. The van der Waals surface area contributed by atoms with Gasteiger partial charge in [-0.15, -0.1) is 0 Å². The van der Waals surface area contributed by atoms with Gasteiger partial charge in [0.15, 0.2) is 0 Å². The lowest BCUT2D eigenvalue weighted by Gasteiger charge is -2.56. The van der Waals surface area contributed by atoms with Gasteiger partial charge in [0.25, 0.3) is 0 Å². The third-order valence-corrected chi connectivity index (χ3v) is 6.36. The highest BCUT2D eigenvalue weighted by Crippen LogP contribution is 2.60. The Kier molecular flexibility index (Phi) is 3.15. The molecule has 0 heterocycles. The van der Waals surface area contributed by atoms with E-state index in [9.17, 15) is 9.18 Å². The van der Waals surface area contributed by atoms with E-state index in [2.05, 4.69) is 0 Å². The van der Waals surface area contributed by atoms with Crippen molar-refractivity contribution in [2.24, 2.45) is 23.2 Å². The Labute approximate surface area is 129 Å². The van der Waals surface area contributed by atoms with Gasteiger partial charge in [0.2, 0.25) is 0 Å². The molecule has 1 nitrogen and oxygen atoms in total. The second-order valence-corrected chi connectivity index (χ2v) is 7.94. The Morgan fingerprint density at radius 1 is 1.14 bits per heavy atom. The summed E-state index contributed by atoms with van der Waals surface area (Å²) >= 11 is 6.13. The normalized spacial score (nSPS) is 37.0. The number of hydrogen-bond acceptors (Lipinski definition) is 1. The van der Waals surface area contributed by atoms with Crippen molar-refractivity contribution < 1.29 is 9.18 Å². The van der Waals surface area contributed by atoms with Gasteiger partial charge in [-0.25, -0.2) is 4.39 Å². The summed E-state index contributed by atoms with van der Waals surface area (Å²) in [4.78, 5) is 12.9. The zero-order valence-corrected chi connectivity index (χ0v) is 12.8. The molecule has 3 heteroatoms. The molecule has 5 rings (SSSR count). The highest BCUT2D eigenvalue weighted by atomic mass is 35.5. The number of halogens is 2. The molecule has 4 aliphatic rings. The molecule has 112 valence electrons. The van der Waals surface area contributed by atoms with Crippen molar-refractivity contribution in [3.8, 4) is 0 Å². The van der Waals surface area contributed by atoms with Crippen LogP contribution < -0.4 is 0 Å². The minimum atomic E-state index is -0.312. The number of Topliss-reactive ketones (excluding diaryl/α,β-unsaturated/α-hetero) is 1. The number of ketones is 1. The van der Waals surface area contributed by atoms with E-state index in [1.165, 1.54) is 31.4 Å². The summed E-state index contributed by atoms with van der Waals surface area (Å²) in [7, 11) is 0. The van der Waals surface area contributed by atoms with Crippen LogP contribution in [-0.4, -0.2) is 5.78 Å². The van der Waals surface area contributed by atoms with Gasteiger partial charge in [-0.05, 0) is 80.0 Å². The monoisotopic (exact) mass is 306 g/mol. The van der Waals surface area contributed by atoms with Gasteiger partial charge in [0, 0.05) is 16.9 Å². The summed E-state index contributed by atoms with van der Waals surface area (Å²) in [6, 6.07) is 4.32. The molecule has 0 aliphatic heterocycles. The average molecular weight is 307 g/mol. The molecule has 21 heavy (non-hydrogen) atoms. The molecular weight excluding hydrogens is 287 g/mol. The maximum absolute atomic E-state index is 13.4. The van der Waals surface area contributed by atoms with Gasteiger partial charge < -0.3 is 0 Å². The molecule has 0 atom stereocenters. The van der Waals surface area contributed by atoms with Crippen molar-refractivity contribution in [2.75, 3.05) is 0 Å². The number of hydrogen-bond donors (Lipinski definition) is 0. The van der Waals surface area contributed by atoms with Crippen LogP contribution in [0.1, 0.15) is 44.1 Å². The van der Waals surface area contributed by atoms with E-state index in [1.54, 1.807) is 6.07 Å². The molecule has 1 aromatic rings. The Morgan fingerprint density at radius 3 is 2.29 bits per heavy atom. The predicted octanol–water partition coefficient (Wildman–Crippen LogP) is 4.81. The summed E-state index contributed by atoms with van der Waals surface area (Å²) in [5, 5.41) is 0.509. The third-order valence-electron chi connectivity index (χ3n) is 5.99. The first kappa shape index (κ1) is 13.8. The molecule has 0 unspecified atom stereocenters. The summed E-state index contributed by atoms with van der Waals surface area (Å²) in [5.41, 5.74) is 0.530. The van der Waals surface area contributed by atoms with Gasteiger partial charge in [-0.2, -0.15) is 0 Å². The summed E-state index contributed by atoms with van der Waals surface area (Å²) in [6.45, 7) is 0. The minimum absolute atomic E-state index is 0.121. The molecule has 4 saturated carbocycles. The largest absolute Gasteiger partial charge is 0.299 e. The van der Waals surface area contributed by atoms with Crippen LogP contribution in [0.2, 0.25) is 5.02 Å². The average Bonchev–Trinajstić information content (AvgIpc) is 2.41. The minimum Gasteiger partial charge on any atom is -0.299 e. The summed E-state index contributed by atoms with van der Waals surface area (Å²) < 4.78 is 13.4. The first-order valence-electron chi connectivity index (χ1n) is 8.01. The fourth-order valence-corrected chi connectivity index (χ4v) is 5.68. The topological polar surface area (TPSA) is 17.1 Å². The molecule has 0 saturated heterocycles. The van der Waals surface area contributed by atoms with E-state index < -0.39 is 0 Å². The van der Waals surface area contributed by atoms with Crippen LogP contribution >= 0.6 is 11.6 Å². The highest BCUT2D eigenvalue weighted by molar-refractivity contribution is 6.31. The lowest BCUT2D eigenvalue weighted by molar-refractivity contribution is -0.143. The van der Waals surface area contributed by atoms with Gasteiger partial charge in [-0.1, -0.05) is 11.6 Å². The highest BCUT2D eigenvalue weighted by Gasteiger charge is 2.54. The van der Waals surface area contributed by atoms with E-state index in [-0.39, 0.29) is 11.2 Å². The molecular formula is C18H20ClFO. The smallest absolute Gasteiger partial charge is 0.143 e. The second kappa shape index (κ2) is 4.81. The SMILES string of the molecule is O=C(Cc1cc(F)ccc1Cl)C12CC3CC(CC(C3)C1)C2. The van der Waals surface area contributed by atoms with Gasteiger partial charge >= 0.3 is 0 Å². The van der Waals surface area contributed by atoms with Crippen molar-refractivity contribution >= 4 is 17.4 Å². The molecule has 4 aliphatic carbocycles. The quantitative estimate of drug-likeness (QED) is 0.783. The molecule has 0 radical (unpaired) electrons. The molecule has 0 spiro atoms. The van der Waals surface area contributed by atoms with Gasteiger partial charge in [-0.3, -0.25) is 4.79 Å². The zero-order valence-electron chi connectivity index (χ0n) is 12.1. The lowest BCUT2D eigenvalue weighted by atomic mass is 9.48. The van der Waals surface area contributed by atoms with Crippen LogP contribution in [-0.2, 0) is 11.2 Å². The third kappa shape index (κ3) is 2.32. The Morgan fingerprint density at radius 2 is 1.71 bits per heavy atom. The standard InChI is InChI=1S/C18H20ClFO/c19-16-2-1-15(20)6-14(16)7-17(21)18-8-11-3-12(9-18)5-13(4-11)10-18/h1-2,6,11-13H,3-5,7-10H2. The number of rotatable bonds is 3. The molecule has 0 N–H and O–H groups in total. The van der Waals surface area contributed by atoms with Crippen LogP contribution in [0.4, 0.5) is 4.39 Å². The van der Waals surface area contributed by atoms with Crippen molar-refractivity contribution in [1.82, 2.24) is 0 Å². The second-order valence-electron chi connectivity index (χ2n) is 7.53. The van der Waals surface area contributed by atoms with E-state index in [0.29, 0.717) is 22.8 Å². The maximum Gasteiger partial charge on any atom is 0.143 e. The first-order chi connectivity index (χ1) is 10.0. The van der Waals surface area contributed by atoms with Crippen molar-refractivity contribution in [3.05, 3.63) is 34.6 Å². The van der Waals surface area contributed by atoms with E-state index in [0.717, 1.165) is 37.0 Å². The van der Waals surface area contributed by atoms with Gasteiger partial charge in [0.05, 0.1) is 0 Å². The Balaban J connectivity index is 1.59. The summed E-state index contributed by atoms with van der Waals surface area (Å²) in [5.74, 6) is 2.25. The van der Waals surface area contributed by atoms with Crippen LogP contribution in [0, 0.1) is 29.0 Å². The van der Waals surface area contributed by atoms with Crippen LogP contribution in [0.3, 0.4) is 0 Å². The molecule has 0 aromatic heterocycles. The Bertz CT molecular complexity index is 560. The fourth-order valence-electron chi connectivity index (χ4n) is 5.49. The van der Waals surface area contributed by atoms with Crippen molar-refractivity contribution in [1.29, 1.82) is 0 Å². The summed E-state index contributed by atoms with van der Waals surface area (Å²) in [6.07, 6.45) is 7.46. The zero-order chi connectivity index (χ0) is 14.6. The van der Waals surface area contributed by atoms with Crippen molar-refractivity contribution in [2.45, 2.75) is 44.9 Å². The number of benzene rings is 1. The van der Waals surface area contributed by atoms with Crippen LogP contribution in [0.15, 0.2) is 18.2 Å². The Hall–Kier alpha value is -0.890. The molecule has 1 aromatic carbocycles. The fraction of sp³-hybridized carbons (Fsp3) is 0.611. The molecule has 4 fully saturated rings.